The Morgan fingerprint density at radius 3 is 2.38 bits per heavy atom. The summed E-state index contributed by atoms with van der Waals surface area (Å²) in [7, 11) is 0. The van der Waals surface area contributed by atoms with E-state index in [2.05, 4.69) is 54.5 Å². The minimum absolute atomic E-state index is 0.00971. The Labute approximate surface area is 198 Å². The fourth-order valence-electron chi connectivity index (χ4n) is 9.61. The van der Waals surface area contributed by atoms with Gasteiger partial charge in [0.2, 0.25) is 0 Å². The zero-order chi connectivity index (χ0) is 23.5. The Balaban J connectivity index is 1.69. The van der Waals surface area contributed by atoms with Crippen molar-refractivity contribution in [2.45, 2.75) is 119 Å². The topological polar surface area (TPSA) is 40.5 Å². The van der Waals surface area contributed by atoms with E-state index >= 15 is 0 Å². The Morgan fingerprint density at radius 1 is 1.00 bits per heavy atom. The number of aliphatic hydroxyl groups excluding tert-OH is 2. The highest BCUT2D eigenvalue weighted by Crippen LogP contribution is 2.72. The molecule has 2 nitrogen and oxygen atoms in total. The second-order valence-corrected chi connectivity index (χ2v) is 13.5. The second-order valence-electron chi connectivity index (χ2n) is 13.5. The van der Waals surface area contributed by atoms with Crippen molar-refractivity contribution < 1.29 is 10.2 Å². The molecule has 0 bridgehead atoms. The van der Waals surface area contributed by atoms with Crippen LogP contribution in [0, 0.1) is 39.4 Å². The lowest BCUT2D eigenvalue weighted by molar-refractivity contribution is -0.0997. The lowest BCUT2D eigenvalue weighted by Crippen LogP contribution is -2.56. The van der Waals surface area contributed by atoms with Crippen LogP contribution in [0.1, 0.15) is 113 Å². The van der Waals surface area contributed by atoms with E-state index in [1.54, 1.807) is 11.1 Å². The Hall–Kier alpha value is -0.600. The molecule has 0 aromatic rings. The summed E-state index contributed by atoms with van der Waals surface area (Å²) in [6, 6.07) is 0. The molecular weight excluding hydrogens is 392 g/mol. The molecule has 0 aromatic carbocycles. The third kappa shape index (κ3) is 3.33. The first-order chi connectivity index (χ1) is 14.9. The quantitative estimate of drug-likeness (QED) is 0.434. The first-order valence-corrected chi connectivity index (χ1v) is 13.6. The first-order valence-electron chi connectivity index (χ1n) is 13.6. The van der Waals surface area contributed by atoms with Crippen molar-refractivity contribution in [1.29, 1.82) is 0 Å². The molecule has 4 aliphatic rings. The average molecular weight is 443 g/mol. The Bertz CT molecular complexity index is 787. The van der Waals surface area contributed by atoms with Crippen LogP contribution in [0.4, 0.5) is 0 Å². The molecule has 0 aliphatic heterocycles. The summed E-state index contributed by atoms with van der Waals surface area (Å²) in [6.45, 7) is 16.9. The zero-order valence-corrected chi connectivity index (χ0v) is 22.1. The van der Waals surface area contributed by atoms with Crippen molar-refractivity contribution in [2.24, 2.45) is 39.4 Å². The van der Waals surface area contributed by atoms with Crippen LogP contribution in [0.25, 0.3) is 0 Å². The smallest absolute Gasteiger partial charge is 0.0594 e. The van der Waals surface area contributed by atoms with Gasteiger partial charge in [0.15, 0.2) is 0 Å². The normalized spacial score (nSPS) is 43.8. The van der Waals surface area contributed by atoms with Gasteiger partial charge in [-0.15, -0.1) is 0 Å². The van der Waals surface area contributed by atoms with Gasteiger partial charge in [-0.05, 0) is 112 Å². The maximum absolute atomic E-state index is 11.0. The number of fused-ring (bicyclic) bond motifs is 4. The van der Waals surface area contributed by atoms with E-state index in [0.717, 1.165) is 19.3 Å². The largest absolute Gasteiger partial charge is 0.395 e. The predicted molar refractivity (Wildman–Crippen MR) is 134 cm³/mol. The van der Waals surface area contributed by atoms with Gasteiger partial charge in [-0.1, -0.05) is 57.4 Å². The van der Waals surface area contributed by atoms with E-state index in [1.807, 2.05) is 0 Å². The van der Waals surface area contributed by atoms with Gasteiger partial charge >= 0.3 is 0 Å². The van der Waals surface area contributed by atoms with Crippen LogP contribution in [0.2, 0.25) is 0 Å². The number of allylic oxidation sites excluding steroid dienone is 3. The van der Waals surface area contributed by atoms with E-state index in [-0.39, 0.29) is 27.8 Å². The number of hydrogen-bond acceptors (Lipinski definition) is 2. The predicted octanol–water partition coefficient (Wildman–Crippen LogP) is 7.45. The van der Waals surface area contributed by atoms with Crippen molar-refractivity contribution in [2.75, 3.05) is 6.61 Å². The maximum atomic E-state index is 11.0. The van der Waals surface area contributed by atoms with Crippen molar-refractivity contribution >= 4 is 0 Å². The third-order valence-electron chi connectivity index (χ3n) is 11.6. The van der Waals surface area contributed by atoms with Gasteiger partial charge in [-0.3, -0.25) is 0 Å². The molecule has 32 heavy (non-hydrogen) atoms. The molecule has 0 aromatic heterocycles. The lowest BCUT2D eigenvalue weighted by atomic mass is 9.43. The molecule has 2 heteroatoms. The molecule has 4 rings (SSSR count). The highest BCUT2D eigenvalue weighted by atomic mass is 16.3. The summed E-state index contributed by atoms with van der Waals surface area (Å²) in [6.07, 6.45) is 13.9. The van der Waals surface area contributed by atoms with E-state index in [0.29, 0.717) is 24.4 Å². The van der Waals surface area contributed by atoms with Crippen LogP contribution < -0.4 is 0 Å². The van der Waals surface area contributed by atoms with Crippen LogP contribution in [0.15, 0.2) is 22.8 Å². The van der Waals surface area contributed by atoms with Crippen LogP contribution in [0.5, 0.6) is 0 Å². The van der Waals surface area contributed by atoms with E-state index < -0.39 is 0 Å². The Kier molecular flexibility index (Phi) is 6.33. The molecule has 182 valence electrons. The van der Waals surface area contributed by atoms with Crippen LogP contribution in [-0.2, 0) is 0 Å². The van der Waals surface area contributed by atoms with Gasteiger partial charge in [0.1, 0.15) is 0 Å². The molecular formula is C30H50O2. The molecule has 0 radical (unpaired) electrons. The highest BCUT2D eigenvalue weighted by molar-refractivity contribution is 5.39. The SMILES string of the molecule is CC(C)=CCCC(C)C1CC[C@@]2(CO)C3=C(CC[C@]12C)[C@@]1(C)CC[C@H](O)C(C)(C)C1CC3. The molecule has 4 aliphatic carbocycles. The summed E-state index contributed by atoms with van der Waals surface area (Å²) in [5, 5.41) is 21.9. The van der Waals surface area contributed by atoms with E-state index in [9.17, 15) is 10.2 Å². The minimum atomic E-state index is -0.180. The van der Waals surface area contributed by atoms with Crippen LogP contribution >= 0.6 is 0 Å². The summed E-state index contributed by atoms with van der Waals surface area (Å²) in [4.78, 5) is 0. The molecule has 0 spiro atoms. The van der Waals surface area contributed by atoms with Crippen molar-refractivity contribution in [3.05, 3.63) is 22.8 Å². The lowest BCUT2D eigenvalue weighted by Gasteiger charge is -2.62. The zero-order valence-electron chi connectivity index (χ0n) is 22.1. The van der Waals surface area contributed by atoms with Crippen molar-refractivity contribution in [1.82, 2.24) is 0 Å². The summed E-state index contributed by atoms with van der Waals surface area (Å²) < 4.78 is 0. The van der Waals surface area contributed by atoms with E-state index in [1.165, 1.54) is 50.5 Å². The monoisotopic (exact) mass is 442 g/mol. The van der Waals surface area contributed by atoms with Gasteiger partial charge in [0, 0.05) is 5.41 Å². The standard InChI is InChI=1S/C30H50O2/c1-20(2)9-8-10-21(3)22-14-18-30(19-31)24-11-12-25-27(4,5)26(32)15-16-28(25,6)23(24)13-17-29(22,30)7/h9,21-22,25-26,31-32H,8,10-19H2,1-7H3/t21?,22?,25?,26-,28+,29+,30+/m0/s1. The second kappa shape index (κ2) is 8.26. The molecule has 2 saturated carbocycles. The van der Waals surface area contributed by atoms with Gasteiger partial charge in [0.05, 0.1) is 12.7 Å². The molecule has 3 unspecified atom stereocenters. The third-order valence-corrected chi connectivity index (χ3v) is 11.6. The number of rotatable bonds is 5. The van der Waals surface area contributed by atoms with Gasteiger partial charge < -0.3 is 10.2 Å². The van der Waals surface area contributed by atoms with Gasteiger partial charge in [0.25, 0.3) is 0 Å². The number of hydrogen-bond donors (Lipinski definition) is 2. The maximum Gasteiger partial charge on any atom is 0.0594 e. The van der Waals surface area contributed by atoms with Crippen LogP contribution in [0.3, 0.4) is 0 Å². The summed E-state index contributed by atoms with van der Waals surface area (Å²) >= 11 is 0. The molecule has 0 heterocycles. The number of aliphatic hydroxyl groups is 2. The van der Waals surface area contributed by atoms with Gasteiger partial charge in [-0.25, -0.2) is 0 Å². The fraction of sp³-hybridized carbons (Fsp3) is 0.867. The summed E-state index contributed by atoms with van der Waals surface area (Å²) in [5.41, 5.74) is 5.19. The first kappa shape index (κ1) is 24.5. The molecule has 2 fully saturated rings. The molecule has 0 saturated heterocycles. The molecule has 7 atom stereocenters. The molecule has 2 N–H and O–H groups in total. The van der Waals surface area contributed by atoms with Crippen LogP contribution in [-0.4, -0.2) is 22.9 Å². The van der Waals surface area contributed by atoms with Gasteiger partial charge in [-0.2, -0.15) is 0 Å². The summed E-state index contributed by atoms with van der Waals surface area (Å²) in [5.74, 6) is 1.98. The Morgan fingerprint density at radius 2 is 1.72 bits per heavy atom. The van der Waals surface area contributed by atoms with Crippen molar-refractivity contribution in [3.8, 4) is 0 Å². The fourth-order valence-corrected chi connectivity index (χ4v) is 9.61. The average Bonchev–Trinajstić information content (AvgIpc) is 3.04. The van der Waals surface area contributed by atoms with E-state index in [4.69, 9.17) is 0 Å². The highest BCUT2D eigenvalue weighted by Gasteiger charge is 2.64. The van der Waals surface area contributed by atoms with Crippen molar-refractivity contribution in [3.63, 3.8) is 0 Å². The minimum Gasteiger partial charge on any atom is -0.395 e. The molecule has 0 amide bonds.